The van der Waals surface area contributed by atoms with Gasteiger partial charge in [-0.1, -0.05) is 12.1 Å². The van der Waals surface area contributed by atoms with Gasteiger partial charge in [-0.05, 0) is 46.9 Å². The number of hydrogen-bond donors (Lipinski definition) is 4. The summed E-state index contributed by atoms with van der Waals surface area (Å²) in [5.41, 5.74) is 4.04. The molecule has 3 heterocycles. The van der Waals surface area contributed by atoms with E-state index < -0.39 is 12.1 Å². The number of aromatic nitrogens is 2. The van der Waals surface area contributed by atoms with Gasteiger partial charge in [-0.3, -0.25) is 5.10 Å². The van der Waals surface area contributed by atoms with Crippen molar-refractivity contribution in [3.05, 3.63) is 56.8 Å². The highest BCUT2D eigenvalue weighted by Gasteiger charge is 2.38. The van der Waals surface area contributed by atoms with Crippen LogP contribution in [-0.4, -0.2) is 40.5 Å². The van der Waals surface area contributed by atoms with Gasteiger partial charge in [0.2, 0.25) is 0 Å². The number of carboxylic acids is 1. The van der Waals surface area contributed by atoms with Gasteiger partial charge >= 0.3 is 12.1 Å². The van der Waals surface area contributed by atoms with Crippen molar-refractivity contribution in [3.8, 4) is 12.1 Å². The zero-order chi connectivity index (χ0) is 24.2. The molecule has 2 unspecified atom stereocenters. The van der Waals surface area contributed by atoms with E-state index in [0.717, 1.165) is 53.0 Å². The fourth-order valence-electron chi connectivity index (χ4n) is 3.85. The number of aromatic amines is 1. The number of allylic oxidation sites excluding steroid dienone is 1. The Bertz CT molecular complexity index is 1160. The fourth-order valence-corrected chi connectivity index (χ4v) is 4.44. The van der Waals surface area contributed by atoms with Crippen molar-refractivity contribution in [1.82, 2.24) is 15.5 Å². The van der Waals surface area contributed by atoms with Gasteiger partial charge < -0.3 is 15.7 Å². The zero-order valence-corrected chi connectivity index (χ0v) is 18.6. The van der Waals surface area contributed by atoms with Gasteiger partial charge in [-0.2, -0.15) is 28.8 Å². The molecule has 0 saturated carbocycles. The Morgan fingerprint density at radius 1 is 1.24 bits per heavy atom. The summed E-state index contributed by atoms with van der Waals surface area (Å²) in [6.07, 6.45) is -1.20. The molecule has 1 fully saturated rings. The number of fused-ring (bicyclic) bond motifs is 1. The molecule has 2 aliphatic rings. The van der Waals surface area contributed by atoms with E-state index in [2.05, 4.69) is 48.9 Å². The van der Waals surface area contributed by atoms with Crippen molar-refractivity contribution >= 4 is 27.7 Å². The van der Waals surface area contributed by atoms with Gasteiger partial charge in [0.05, 0.1) is 29.3 Å². The van der Waals surface area contributed by atoms with E-state index in [4.69, 9.17) is 9.90 Å². The summed E-state index contributed by atoms with van der Waals surface area (Å²) in [5.74, 6) is -1.93. The van der Waals surface area contributed by atoms with E-state index in [9.17, 15) is 23.7 Å². The summed E-state index contributed by atoms with van der Waals surface area (Å²) in [6, 6.07) is 10.2. The molecule has 1 aromatic carbocycles. The predicted molar refractivity (Wildman–Crippen MR) is 115 cm³/mol. The first-order valence-corrected chi connectivity index (χ1v) is 10.6. The van der Waals surface area contributed by atoms with Crippen molar-refractivity contribution < 1.29 is 23.1 Å². The van der Waals surface area contributed by atoms with Crippen LogP contribution in [0.1, 0.15) is 35.4 Å². The molecule has 0 radical (unpaired) electrons. The lowest BCUT2D eigenvalue weighted by Crippen LogP contribution is -2.34. The molecule has 0 aliphatic carbocycles. The molecule has 1 aromatic heterocycles. The summed E-state index contributed by atoms with van der Waals surface area (Å²) >= 11 is 3.57. The van der Waals surface area contributed by atoms with Crippen LogP contribution in [-0.2, 0) is 4.79 Å². The van der Waals surface area contributed by atoms with Crippen molar-refractivity contribution in [2.24, 2.45) is 5.92 Å². The Hall–Kier alpha value is -3.35. The van der Waals surface area contributed by atoms with E-state index >= 15 is 0 Å². The van der Waals surface area contributed by atoms with Gasteiger partial charge in [-0.15, -0.1) is 0 Å². The maximum atomic E-state index is 10.6. The van der Waals surface area contributed by atoms with Gasteiger partial charge in [0.15, 0.2) is 0 Å². The van der Waals surface area contributed by atoms with Gasteiger partial charge in [0.25, 0.3) is 0 Å². The quantitative estimate of drug-likeness (QED) is 0.467. The van der Waals surface area contributed by atoms with Crippen LogP contribution in [0.5, 0.6) is 0 Å². The molecule has 0 bridgehead atoms. The second-order valence-corrected chi connectivity index (χ2v) is 8.16. The predicted octanol–water partition coefficient (Wildman–Crippen LogP) is 4.01. The third-order valence-electron chi connectivity index (χ3n) is 5.35. The fraction of sp³-hybridized carbons (Fsp3) is 0.333. The topological polar surface area (TPSA) is 138 Å². The number of nitriles is 2. The van der Waals surface area contributed by atoms with Crippen LogP contribution in [0.15, 0.2) is 40.1 Å². The minimum absolute atomic E-state index is 0.255. The number of hydrogen-bond acceptors (Lipinski definition) is 6. The highest BCUT2D eigenvalue weighted by atomic mass is 79.9. The first-order valence-electron chi connectivity index (χ1n) is 9.82. The van der Waals surface area contributed by atoms with Crippen LogP contribution in [0.25, 0.3) is 0 Å². The van der Waals surface area contributed by atoms with E-state index in [1.807, 2.05) is 12.1 Å². The second kappa shape index (κ2) is 10.1. The average molecular weight is 523 g/mol. The summed E-state index contributed by atoms with van der Waals surface area (Å²) < 4.78 is 32.5. The van der Waals surface area contributed by atoms with Crippen LogP contribution in [0.2, 0.25) is 0 Å². The molecule has 2 aromatic rings. The van der Waals surface area contributed by atoms with Crippen molar-refractivity contribution in [3.63, 3.8) is 0 Å². The Morgan fingerprint density at radius 2 is 1.97 bits per heavy atom. The largest absolute Gasteiger partial charge is 0.490 e. The monoisotopic (exact) mass is 522 g/mol. The van der Waals surface area contributed by atoms with Crippen LogP contribution in [0.3, 0.4) is 0 Å². The Balaban J connectivity index is 0.000000383. The Kier molecular flexibility index (Phi) is 7.41. The summed E-state index contributed by atoms with van der Waals surface area (Å²) in [4.78, 5) is 8.90. The smallest absolute Gasteiger partial charge is 0.475 e. The number of nitrogens with zero attached hydrogens (tertiary/aromatic N) is 3. The molecule has 8 nitrogen and oxygen atoms in total. The first kappa shape index (κ1) is 24.3. The average Bonchev–Trinajstić information content (AvgIpc) is 3.27. The molecule has 2 atom stereocenters. The maximum absolute atomic E-state index is 10.6. The number of halogens is 4. The number of alkyl halides is 3. The van der Waals surface area contributed by atoms with Crippen LogP contribution < -0.4 is 10.6 Å². The van der Waals surface area contributed by atoms with Crippen molar-refractivity contribution in [2.45, 2.75) is 24.9 Å². The number of anilines is 1. The number of nitrogens with one attached hydrogen (secondary N) is 3. The molecule has 4 N–H and O–H groups in total. The Morgan fingerprint density at radius 3 is 2.55 bits per heavy atom. The van der Waals surface area contributed by atoms with Gasteiger partial charge in [0, 0.05) is 28.2 Å². The number of benzene rings is 1. The molecule has 0 amide bonds. The SMILES string of the molecule is N#CC1=C(C2CCCNC2)Nc2[nH]ncc2C1c1cccc(C#N)c1Br.O=C(O)C(F)(F)F. The Labute approximate surface area is 195 Å². The number of aliphatic carboxylic acids is 1. The number of rotatable bonds is 2. The normalized spacial score (nSPS) is 19.8. The minimum Gasteiger partial charge on any atom is -0.475 e. The molecule has 0 spiro atoms. The molecule has 1 saturated heterocycles. The molecular formula is C21H18BrF3N6O2. The van der Waals surface area contributed by atoms with Gasteiger partial charge in [0.1, 0.15) is 11.9 Å². The van der Waals surface area contributed by atoms with E-state index in [0.29, 0.717) is 11.1 Å². The lowest BCUT2D eigenvalue weighted by atomic mass is 9.79. The number of carboxylic acid groups (broad SMARTS) is 1. The van der Waals surface area contributed by atoms with Crippen LogP contribution in [0, 0.1) is 28.6 Å². The lowest BCUT2D eigenvalue weighted by Gasteiger charge is -2.33. The number of piperidine rings is 1. The molecule has 172 valence electrons. The summed E-state index contributed by atoms with van der Waals surface area (Å²) in [7, 11) is 0. The summed E-state index contributed by atoms with van der Waals surface area (Å²) in [5, 5.41) is 40.6. The highest BCUT2D eigenvalue weighted by molar-refractivity contribution is 9.10. The third-order valence-corrected chi connectivity index (χ3v) is 6.23. The van der Waals surface area contributed by atoms with E-state index in [1.54, 1.807) is 12.3 Å². The molecule has 4 rings (SSSR count). The standard InChI is InChI=1S/C19H17BrN6.C2HF3O2/c20-17-11(7-21)3-1-5-13(17)16-14(8-22)18(12-4-2-6-23-9-12)25-19-15(16)10-24-26-19;3-2(4,5)1(6)7/h1,3,5,10,12,16,23H,2,4,6,9H2,(H2,24,25,26);(H,6,7). The maximum Gasteiger partial charge on any atom is 0.490 e. The van der Waals surface area contributed by atoms with E-state index in [1.165, 1.54) is 0 Å². The molecule has 2 aliphatic heterocycles. The molecule has 12 heteroatoms. The van der Waals surface area contributed by atoms with Crippen molar-refractivity contribution in [2.75, 3.05) is 18.4 Å². The van der Waals surface area contributed by atoms with Gasteiger partial charge in [-0.25, -0.2) is 4.79 Å². The second-order valence-electron chi connectivity index (χ2n) is 7.36. The zero-order valence-electron chi connectivity index (χ0n) is 17.0. The molecule has 33 heavy (non-hydrogen) atoms. The summed E-state index contributed by atoms with van der Waals surface area (Å²) in [6.45, 7) is 1.86. The minimum atomic E-state index is -5.08. The van der Waals surface area contributed by atoms with E-state index in [-0.39, 0.29) is 11.8 Å². The molecular weight excluding hydrogens is 505 g/mol. The van der Waals surface area contributed by atoms with Crippen LogP contribution in [0.4, 0.5) is 19.0 Å². The third kappa shape index (κ3) is 5.18. The van der Waals surface area contributed by atoms with Crippen LogP contribution >= 0.6 is 15.9 Å². The van der Waals surface area contributed by atoms with Crippen molar-refractivity contribution in [1.29, 1.82) is 10.5 Å². The number of carbonyl (C=O) groups is 1. The first-order chi connectivity index (χ1) is 15.7. The highest BCUT2D eigenvalue weighted by Crippen LogP contribution is 2.45. The lowest BCUT2D eigenvalue weighted by molar-refractivity contribution is -0.192. The number of H-pyrrole nitrogens is 1.